The van der Waals surface area contributed by atoms with Crippen LogP contribution in [0.5, 0.6) is 5.75 Å². The highest BCUT2D eigenvalue weighted by Gasteiger charge is 2.45. The van der Waals surface area contributed by atoms with E-state index in [1.807, 2.05) is 24.3 Å². The number of unbranched alkanes of at least 4 members (excludes halogenated alkanes) is 1. The summed E-state index contributed by atoms with van der Waals surface area (Å²) in [5.74, 6) is 0.0231. The number of aryl methyl sites for hydroxylation is 1. The molecule has 2 aromatic carbocycles. The molecule has 184 valence electrons. The molecular weight excluding hydrogens is 544 g/mol. The van der Waals surface area contributed by atoms with Gasteiger partial charge in [-0.2, -0.15) is 0 Å². The van der Waals surface area contributed by atoms with Gasteiger partial charge in [-0.1, -0.05) is 52.7 Å². The summed E-state index contributed by atoms with van der Waals surface area (Å²) in [5, 5.41) is 0.707. The summed E-state index contributed by atoms with van der Waals surface area (Å²) < 4.78 is 12.7. The molecular formula is C27H23BrN2O5S. The molecule has 2 aromatic heterocycles. The summed E-state index contributed by atoms with van der Waals surface area (Å²) in [6, 6.07) is 11.7. The van der Waals surface area contributed by atoms with E-state index in [-0.39, 0.29) is 22.5 Å². The molecule has 1 amide bonds. The Morgan fingerprint density at radius 2 is 2.03 bits per heavy atom. The Labute approximate surface area is 219 Å². The number of carbonyl (C=O) groups is 2. The standard InChI is InChI=1S/C27H23BrN2O5S/c1-4-5-11-34-18-8-6-7-16(12-18)22-21-23(32)19-13-17(28)9-10-20(19)35-24(21)26(33)30(22)27-29-14(2)25(36-27)15(3)31/h6-10,12-13,22H,4-5,11H2,1-3H3. The first-order valence-electron chi connectivity index (χ1n) is 11.6. The van der Waals surface area contributed by atoms with Crippen molar-refractivity contribution >= 4 is 55.1 Å². The van der Waals surface area contributed by atoms with Gasteiger partial charge in [0.15, 0.2) is 16.3 Å². The Morgan fingerprint density at radius 3 is 2.75 bits per heavy atom. The number of nitrogens with zero attached hydrogens (tertiary/aromatic N) is 2. The molecule has 0 saturated carbocycles. The number of amides is 1. The van der Waals surface area contributed by atoms with Gasteiger partial charge in [0.1, 0.15) is 11.3 Å². The zero-order valence-corrected chi connectivity index (χ0v) is 22.4. The summed E-state index contributed by atoms with van der Waals surface area (Å²) in [7, 11) is 0. The first-order chi connectivity index (χ1) is 17.3. The van der Waals surface area contributed by atoms with E-state index in [1.54, 1.807) is 25.1 Å². The molecule has 36 heavy (non-hydrogen) atoms. The molecule has 0 saturated heterocycles. The fourth-order valence-electron chi connectivity index (χ4n) is 4.38. The molecule has 0 spiro atoms. The van der Waals surface area contributed by atoms with E-state index in [9.17, 15) is 14.4 Å². The van der Waals surface area contributed by atoms with Crippen molar-refractivity contribution in [2.75, 3.05) is 11.5 Å². The first-order valence-corrected chi connectivity index (χ1v) is 13.2. The van der Waals surface area contributed by atoms with E-state index in [2.05, 4.69) is 27.8 Å². The predicted octanol–water partition coefficient (Wildman–Crippen LogP) is 6.45. The highest BCUT2D eigenvalue weighted by molar-refractivity contribution is 9.10. The molecule has 5 rings (SSSR count). The van der Waals surface area contributed by atoms with Crippen LogP contribution in [-0.2, 0) is 0 Å². The van der Waals surface area contributed by atoms with Gasteiger partial charge in [0.05, 0.1) is 34.2 Å². The average Bonchev–Trinajstić information content (AvgIpc) is 3.37. The van der Waals surface area contributed by atoms with E-state index < -0.39 is 11.9 Å². The van der Waals surface area contributed by atoms with Gasteiger partial charge in [0.25, 0.3) is 5.91 Å². The molecule has 0 bridgehead atoms. The summed E-state index contributed by atoms with van der Waals surface area (Å²) in [4.78, 5) is 46.2. The molecule has 9 heteroatoms. The number of fused-ring (bicyclic) bond motifs is 2. The molecule has 1 atom stereocenters. The molecule has 0 fully saturated rings. The van der Waals surface area contributed by atoms with Crippen molar-refractivity contribution in [2.45, 2.75) is 39.7 Å². The van der Waals surface area contributed by atoms with Crippen LogP contribution in [-0.4, -0.2) is 23.3 Å². The third kappa shape index (κ3) is 4.16. The third-order valence-electron chi connectivity index (χ3n) is 6.08. The normalized spacial score (nSPS) is 14.9. The number of ether oxygens (including phenoxy) is 1. The first kappa shape index (κ1) is 24.4. The number of hydrogen-bond donors (Lipinski definition) is 0. The highest BCUT2D eigenvalue weighted by atomic mass is 79.9. The largest absolute Gasteiger partial charge is 0.494 e. The second kappa shape index (κ2) is 9.63. The van der Waals surface area contributed by atoms with Crippen molar-refractivity contribution in [3.63, 3.8) is 0 Å². The molecule has 0 N–H and O–H groups in total. The number of hydrogen-bond acceptors (Lipinski definition) is 7. The molecule has 1 unspecified atom stereocenters. The average molecular weight is 567 g/mol. The zero-order chi connectivity index (χ0) is 25.6. The van der Waals surface area contributed by atoms with Crippen LogP contribution in [0.3, 0.4) is 0 Å². The van der Waals surface area contributed by atoms with Crippen molar-refractivity contribution in [3.8, 4) is 5.75 Å². The lowest BCUT2D eigenvalue weighted by atomic mass is 9.98. The quantitative estimate of drug-likeness (QED) is 0.188. The number of ketones is 1. The molecule has 0 radical (unpaired) electrons. The number of anilines is 1. The van der Waals surface area contributed by atoms with Crippen LogP contribution in [0.4, 0.5) is 5.13 Å². The van der Waals surface area contributed by atoms with Crippen LogP contribution in [0.2, 0.25) is 0 Å². The lowest BCUT2D eigenvalue weighted by Gasteiger charge is -2.23. The van der Waals surface area contributed by atoms with Crippen LogP contribution < -0.4 is 15.1 Å². The minimum absolute atomic E-state index is 0.0191. The number of halogens is 1. The van der Waals surface area contributed by atoms with E-state index >= 15 is 0 Å². The Morgan fingerprint density at radius 1 is 1.22 bits per heavy atom. The number of Topliss-reactive ketones (excluding diaryl/α,β-unsaturated/α-hetero) is 1. The van der Waals surface area contributed by atoms with E-state index in [0.717, 1.165) is 28.7 Å². The van der Waals surface area contributed by atoms with Crippen molar-refractivity contribution in [1.29, 1.82) is 0 Å². The number of thiazole rings is 1. The van der Waals surface area contributed by atoms with E-state index in [4.69, 9.17) is 9.15 Å². The van der Waals surface area contributed by atoms with Gasteiger partial charge in [0.2, 0.25) is 5.76 Å². The van der Waals surface area contributed by atoms with Gasteiger partial charge in [0, 0.05) is 11.4 Å². The van der Waals surface area contributed by atoms with Gasteiger partial charge in [-0.05, 0) is 49.2 Å². The fourth-order valence-corrected chi connectivity index (χ4v) is 5.73. The third-order valence-corrected chi connectivity index (χ3v) is 7.83. The molecule has 1 aliphatic rings. The molecule has 1 aliphatic heterocycles. The second-order valence-corrected chi connectivity index (χ2v) is 10.5. The smallest absolute Gasteiger partial charge is 0.297 e. The Bertz CT molecular complexity index is 1570. The lowest BCUT2D eigenvalue weighted by Crippen LogP contribution is -2.29. The van der Waals surface area contributed by atoms with Crippen LogP contribution >= 0.6 is 27.3 Å². The maximum absolute atomic E-state index is 13.8. The topological polar surface area (TPSA) is 89.7 Å². The molecule has 4 aromatic rings. The Hall–Kier alpha value is -3.30. The lowest BCUT2D eigenvalue weighted by molar-refractivity contribution is 0.0969. The van der Waals surface area contributed by atoms with E-state index in [1.165, 1.54) is 11.8 Å². The van der Waals surface area contributed by atoms with E-state index in [0.29, 0.717) is 44.6 Å². The monoisotopic (exact) mass is 566 g/mol. The van der Waals surface area contributed by atoms with Gasteiger partial charge < -0.3 is 9.15 Å². The number of aromatic nitrogens is 1. The Balaban J connectivity index is 1.73. The summed E-state index contributed by atoms with van der Waals surface area (Å²) >= 11 is 4.55. The maximum atomic E-state index is 13.8. The van der Waals surface area contributed by atoms with Gasteiger partial charge in [-0.15, -0.1) is 0 Å². The summed E-state index contributed by atoms with van der Waals surface area (Å²) in [6.45, 7) is 5.86. The SMILES string of the molecule is CCCCOc1cccc(C2c3c(oc4ccc(Br)cc4c3=O)C(=O)N2c2nc(C)c(C(C)=O)s2)c1. The highest BCUT2D eigenvalue weighted by Crippen LogP contribution is 2.43. The predicted molar refractivity (Wildman–Crippen MR) is 143 cm³/mol. The van der Waals surface area contributed by atoms with Gasteiger partial charge in [-0.25, -0.2) is 4.98 Å². The minimum atomic E-state index is -0.785. The zero-order valence-electron chi connectivity index (χ0n) is 20.0. The number of rotatable bonds is 7. The Kier molecular flexibility index (Phi) is 6.53. The summed E-state index contributed by atoms with van der Waals surface area (Å²) in [6.07, 6.45) is 1.92. The molecule has 3 heterocycles. The maximum Gasteiger partial charge on any atom is 0.297 e. The molecule has 0 aliphatic carbocycles. The van der Waals surface area contributed by atoms with Crippen LogP contribution in [0.1, 0.15) is 69.8 Å². The van der Waals surface area contributed by atoms with Crippen molar-refractivity contribution in [1.82, 2.24) is 4.98 Å². The van der Waals surface area contributed by atoms with Crippen LogP contribution in [0.25, 0.3) is 11.0 Å². The number of carbonyl (C=O) groups excluding carboxylic acids is 2. The fraction of sp³-hybridized carbons (Fsp3) is 0.259. The van der Waals surface area contributed by atoms with Gasteiger partial charge >= 0.3 is 0 Å². The van der Waals surface area contributed by atoms with Gasteiger partial charge in [-0.3, -0.25) is 19.3 Å². The van der Waals surface area contributed by atoms with Crippen LogP contribution in [0.15, 0.2) is 56.1 Å². The minimum Gasteiger partial charge on any atom is -0.494 e. The van der Waals surface area contributed by atoms with Crippen molar-refractivity contribution in [3.05, 3.63) is 84.6 Å². The van der Waals surface area contributed by atoms with Crippen molar-refractivity contribution < 1.29 is 18.7 Å². The van der Waals surface area contributed by atoms with Crippen LogP contribution in [0, 0.1) is 6.92 Å². The summed E-state index contributed by atoms with van der Waals surface area (Å²) in [5.41, 5.74) is 1.51. The van der Waals surface area contributed by atoms with Crippen molar-refractivity contribution in [2.24, 2.45) is 0 Å². The second-order valence-electron chi connectivity index (χ2n) is 8.63. The number of benzene rings is 2. The molecule has 7 nitrogen and oxygen atoms in total.